The fraction of sp³-hybridized carbons (Fsp3) is 0.588. The lowest BCUT2D eigenvalue weighted by Crippen LogP contribution is -2.43. The van der Waals surface area contributed by atoms with Gasteiger partial charge in [-0.3, -0.25) is 4.79 Å². The maximum Gasteiger partial charge on any atom is 0.263 e. The molecule has 0 aliphatic carbocycles. The molecule has 2 rings (SSSR count). The van der Waals surface area contributed by atoms with Crippen molar-refractivity contribution in [3.63, 3.8) is 0 Å². The van der Waals surface area contributed by atoms with Crippen LogP contribution >= 0.6 is 0 Å². The Morgan fingerprint density at radius 2 is 1.86 bits per heavy atom. The van der Waals surface area contributed by atoms with Gasteiger partial charge < -0.3 is 14.7 Å². The first kappa shape index (κ1) is 15.8. The predicted octanol–water partition coefficient (Wildman–Crippen LogP) is 2.91. The van der Waals surface area contributed by atoms with E-state index < -0.39 is 12.2 Å². The smallest absolute Gasteiger partial charge is 0.263 e. The number of hydrogen-bond acceptors (Lipinski definition) is 3. The summed E-state index contributed by atoms with van der Waals surface area (Å²) in [7, 11) is 0. The molecule has 1 N–H and O–H groups in total. The third kappa shape index (κ3) is 4.21. The van der Waals surface area contributed by atoms with Crippen molar-refractivity contribution in [2.24, 2.45) is 0 Å². The number of ether oxygens (including phenoxy) is 1. The number of carbonyl (C=O) groups excluding carboxylic acids is 1. The van der Waals surface area contributed by atoms with E-state index in [1.54, 1.807) is 6.92 Å². The maximum absolute atomic E-state index is 12.3. The standard InChI is InChI=1S/C17H25NO3/c1-3-16(19)14-7-9-15(10-8-14)21-13(2)17(20)18-11-5-4-6-12-18/h7-10,13,16,19H,3-6,11-12H2,1-2H3/t13?,16-/m1/s1. The minimum absolute atomic E-state index is 0.0624. The number of aliphatic hydroxyl groups excluding tert-OH is 1. The molecule has 1 aromatic carbocycles. The van der Waals surface area contributed by atoms with Crippen molar-refractivity contribution in [3.05, 3.63) is 29.8 Å². The van der Waals surface area contributed by atoms with E-state index in [2.05, 4.69) is 0 Å². The molecule has 4 nitrogen and oxygen atoms in total. The number of carbonyl (C=O) groups is 1. The van der Waals surface area contributed by atoms with Crippen LogP contribution in [0.1, 0.15) is 51.2 Å². The van der Waals surface area contributed by atoms with E-state index in [1.165, 1.54) is 6.42 Å². The minimum Gasteiger partial charge on any atom is -0.481 e. The van der Waals surface area contributed by atoms with Crippen LogP contribution in [0.2, 0.25) is 0 Å². The first-order chi connectivity index (χ1) is 10.1. The molecule has 1 amide bonds. The Morgan fingerprint density at radius 1 is 1.24 bits per heavy atom. The Hall–Kier alpha value is -1.55. The quantitative estimate of drug-likeness (QED) is 0.907. The van der Waals surface area contributed by atoms with Crippen LogP contribution in [-0.2, 0) is 4.79 Å². The molecule has 2 atom stereocenters. The summed E-state index contributed by atoms with van der Waals surface area (Å²) in [4.78, 5) is 14.2. The van der Waals surface area contributed by atoms with E-state index in [4.69, 9.17) is 4.74 Å². The number of aliphatic hydroxyl groups is 1. The number of rotatable bonds is 5. The van der Waals surface area contributed by atoms with Gasteiger partial charge >= 0.3 is 0 Å². The molecule has 1 aliphatic rings. The fourth-order valence-electron chi connectivity index (χ4n) is 2.63. The highest BCUT2D eigenvalue weighted by Gasteiger charge is 2.23. The Bertz CT molecular complexity index is 452. The normalized spacial score (nSPS) is 18.1. The van der Waals surface area contributed by atoms with Gasteiger partial charge in [0, 0.05) is 13.1 Å². The molecule has 21 heavy (non-hydrogen) atoms. The lowest BCUT2D eigenvalue weighted by atomic mass is 10.1. The highest BCUT2D eigenvalue weighted by atomic mass is 16.5. The molecular weight excluding hydrogens is 266 g/mol. The Kier molecular flexibility index (Phi) is 5.62. The number of likely N-dealkylation sites (tertiary alicyclic amines) is 1. The summed E-state index contributed by atoms with van der Waals surface area (Å²) in [6.07, 6.45) is 3.16. The molecule has 0 bridgehead atoms. The van der Waals surface area contributed by atoms with E-state index in [0.29, 0.717) is 12.2 Å². The monoisotopic (exact) mass is 291 g/mol. The fourth-order valence-corrected chi connectivity index (χ4v) is 2.63. The molecule has 1 aliphatic heterocycles. The van der Waals surface area contributed by atoms with Crippen LogP contribution in [0.15, 0.2) is 24.3 Å². The molecule has 1 saturated heterocycles. The van der Waals surface area contributed by atoms with Gasteiger partial charge in [0.1, 0.15) is 5.75 Å². The SMILES string of the molecule is CC[C@@H](O)c1ccc(OC(C)C(=O)N2CCCCC2)cc1. The lowest BCUT2D eigenvalue weighted by Gasteiger charge is -2.29. The van der Waals surface area contributed by atoms with Gasteiger partial charge in [-0.25, -0.2) is 0 Å². The van der Waals surface area contributed by atoms with Crippen molar-refractivity contribution in [1.82, 2.24) is 4.90 Å². The Morgan fingerprint density at radius 3 is 2.43 bits per heavy atom. The third-order valence-electron chi connectivity index (χ3n) is 3.98. The highest BCUT2D eigenvalue weighted by molar-refractivity contribution is 5.81. The Balaban J connectivity index is 1.92. The zero-order chi connectivity index (χ0) is 15.2. The van der Waals surface area contributed by atoms with E-state index in [9.17, 15) is 9.90 Å². The van der Waals surface area contributed by atoms with Crippen LogP contribution in [0.25, 0.3) is 0 Å². The number of piperidine rings is 1. The van der Waals surface area contributed by atoms with Gasteiger partial charge in [0.2, 0.25) is 0 Å². The van der Waals surface area contributed by atoms with Crippen molar-refractivity contribution in [2.45, 2.75) is 51.7 Å². The average molecular weight is 291 g/mol. The minimum atomic E-state index is -0.468. The third-order valence-corrected chi connectivity index (χ3v) is 3.98. The van der Waals surface area contributed by atoms with E-state index in [0.717, 1.165) is 31.5 Å². The lowest BCUT2D eigenvalue weighted by molar-refractivity contribution is -0.138. The second kappa shape index (κ2) is 7.46. The largest absolute Gasteiger partial charge is 0.481 e. The summed E-state index contributed by atoms with van der Waals surface area (Å²) < 4.78 is 5.72. The molecule has 1 unspecified atom stereocenters. The molecule has 0 saturated carbocycles. The average Bonchev–Trinajstić information content (AvgIpc) is 2.55. The van der Waals surface area contributed by atoms with Crippen molar-refractivity contribution < 1.29 is 14.6 Å². The Labute approximate surface area is 126 Å². The van der Waals surface area contributed by atoms with Gasteiger partial charge in [-0.05, 0) is 50.3 Å². The molecule has 1 aromatic rings. The first-order valence-electron chi connectivity index (χ1n) is 7.85. The predicted molar refractivity (Wildman–Crippen MR) is 82.2 cm³/mol. The van der Waals surface area contributed by atoms with E-state index in [1.807, 2.05) is 36.1 Å². The molecule has 116 valence electrons. The van der Waals surface area contributed by atoms with Crippen LogP contribution in [0, 0.1) is 0 Å². The summed E-state index contributed by atoms with van der Waals surface area (Å²) in [6.45, 7) is 5.42. The van der Waals surface area contributed by atoms with Crippen molar-refractivity contribution in [1.29, 1.82) is 0 Å². The van der Waals surface area contributed by atoms with Gasteiger partial charge in [0.05, 0.1) is 6.10 Å². The summed E-state index contributed by atoms with van der Waals surface area (Å²) in [5.41, 5.74) is 0.875. The summed E-state index contributed by atoms with van der Waals surface area (Å²) in [5, 5.41) is 9.76. The maximum atomic E-state index is 12.3. The summed E-state index contributed by atoms with van der Waals surface area (Å²) >= 11 is 0. The van der Waals surface area contributed by atoms with Gasteiger partial charge in [0.15, 0.2) is 6.10 Å². The second-order valence-corrected chi connectivity index (χ2v) is 5.64. The summed E-state index contributed by atoms with van der Waals surface area (Å²) in [6, 6.07) is 7.32. The number of hydrogen-bond donors (Lipinski definition) is 1. The molecule has 1 heterocycles. The number of amides is 1. The van der Waals surface area contributed by atoms with Gasteiger partial charge in [-0.2, -0.15) is 0 Å². The van der Waals surface area contributed by atoms with E-state index >= 15 is 0 Å². The molecular formula is C17H25NO3. The highest BCUT2D eigenvalue weighted by Crippen LogP contribution is 2.21. The van der Waals surface area contributed by atoms with Crippen molar-refractivity contribution in [2.75, 3.05) is 13.1 Å². The summed E-state index contributed by atoms with van der Waals surface area (Å²) in [5.74, 6) is 0.729. The zero-order valence-corrected chi connectivity index (χ0v) is 12.9. The zero-order valence-electron chi connectivity index (χ0n) is 12.9. The van der Waals surface area contributed by atoms with E-state index in [-0.39, 0.29) is 5.91 Å². The molecule has 0 radical (unpaired) electrons. The molecule has 4 heteroatoms. The van der Waals surface area contributed by atoms with Crippen LogP contribution in [0.5, 0.6) is 5.75 Å². The number of nitrogens with zero attached hydrogens (tertiary/aromatic N) is 1. The topological polar surface area (TPSA) is 49.8 Å². The van der Waals surface area contributed by atoms with Crippen LogP contribution in [0.4, 0.5) is 0 Å². The van der Waals surface area contributed by atoms with Gasteiger partial charge in [-0.15, -0.1) is 0 Å². The first-order valence-corrected chi connectivity index (χ1v) is 7.85. The van der Waals surface area contributed by atoms with Gasteiger partial charge in [0.25, 0.3) is 5.91 Å². The van der Waals surface area contributed by atoms with Gasteiger partial charge in [-0.1, -0.05) is 19.1 Å². The number of benzene rings is 1. The molecule has 0 aromatic heterocycles. The van der Waals surface area contributed by atoms with Crippen molar-refractivity contribution in [3.8, 4) is 5.75 Å². The van der Waals surface area contributed by atoms with Crippen LogP contribution < -0.4 is 4.74 Å². The van der Waals surface area contributed by atoms with Crippen LogP contribution in [-0.4, -0.2) is 35.1 Å². The molecule has 0 spiro atoms. The molecule has 1 fully saturated rings. The van der Waals surface area contributed by atoms with Crippen molar-refractivity contribution >= 4 is 5.91 Å². The second-order valence-electron chi connectivity index (χ2n) is 5.64. The van der Waals surface area contributed by atoms with Crippen LogP contribution in [0.3, 0.4) is 0 Å².